The number of carbonyl (C=O) groups excluding carboxylic acids is 1. The molecule has 0 N–H and O–H groups in total. The highest BCUT2D eigenvalue weighted by Crippen LogP contribution is 2.37. The Kier molecular flexibility index (Phi) is 5.74. The molecule has 0 radical (unpaired) electrons. The molecule has 0 saturated carbocycles. The van der Waals surface area contributed by atoms with Gasteiger partial charge in [-0.25, -0.2) is 0 Å². The van der Waals surface area contributed by atoms with Crippen LogP contribution in [-0.4, -0.2) is 44.4 Å². The Balaban J connectivity index is 1.44. The Labute approximate surface area is 183 Å². The first-order valence-electron chi connectivity index (χ1n) is 10.1. The van der Waals surface area contributed by atoms with E-state index in [1.807, 2.05) is 0 Å². The maximum atomic E-state index is 13.6. The number of piperidine rings is 1. The summed E-state index contributed by atoms with van der Waals surface area (Å²) in [5.41, 5.74) is 1.16. The van der Waals surface area contributed by atoms with Crippen molar-refractivity contribution in [3.8, 4) is 0 Å². The molecule has 32 heavy (non-hydrogen) atoms. The molecular weight excluding hydrogens is 445 g/mol. The molecule has 2 aromatic carbocycles. The summed E-state index contributed by atoms with van der Waals surface area (Å²) in [6, 6.07) is 12.1. The summed E-state index contributed by atoms with van der Waals surface area (Å²) >= 11 is 0. The van der Waals surface area contributed by atoms with Crippen molar-refractivity contribution in [2.45, 2.75) is 36.9 Å². The van der Waals surface area contributed by atoms with Gasteiger partial charge in [0.25, 0.3) is 10.0 Å². The molecule has 6 nitrogen and oxygen atoms in total. The Morgan fingerprint density at radius 3 is 2.34 bits per heavy atom. The molecule has 0 amide bonds. The van der Waals surface area contributed by atoms with Crippen molar-refractivity contribution < 1.29 is 31.1 Å². The van der Waals surface area contributed by atoms with Gasteiger partial charge in [-0.05, 0) is 31.9 Å². The monoisotopic (exact) mass is 466 g/mol. The molecule has 1 fully saturated rings. The summed E-state index contributed by atoms with van der Waals surface area (Å²) < 4.78 is 74.0. The summed E-state index contributed by atoms with van der Waals surface area (Å²) in [6.45, 7) is 2.32. The molecule has 0 spiro atoms. The fourth-order valence-corrected chi connectivity index (χ4v) is 5.15. The second-order valence-corrected chi connectivity index (χ2v) is 9.49. The SMILES string of the molecule is Cc1ccc([C@H](OC(=O)C2CCN(C3=NS(=O)(=O)c4ccccc43)CC2)C(F)(F)F)cc1. The van der Waals surface area contributed by atoms with Crippen LogP contribution in [-0.2, 0) is 19.6 Å². The summed E-state index contributed by atoms with van der Waals surface area (Å²) in [6.07, 6.45) is -6.59. The van der Waals surface area contributed by atoms with Crippen molar-refractivity contribution >= 4 is 21.8 Å². The van der Waals surface area contributed by atoms with E-state index in [-0.39, 0.29) is 36.4 Å². The zero-order valence-electron chi connectivity index (χ0n) is 17.2. The molecule has 2 aliphatic rings. The first kappa shape index (κ1) is 22.3. The largest absolute Gasteiger partial charge is 0.447 e. The highest BCUT2D eigenvalue weighted by molar-refractivity contribution is 7.90. The van der Waals surface area contributed by atoms with Crippen LogP contribution in [0.2, 0.25) is 0 Å². The average Bonchev–Trinajstić information content (AvgIpc) is 3.03. The molecule has 2 aliphatic heterocycles. The number of hydrogen-bond acceptors (Lipinski definition) is 5. The van der Waals surface area contributed by atoms with E-state index in [1.165, 1.54) is 30.3 Å². The van der Waals surface area contributed by atoms with Gasteiger partial charge in [0, 0.05) is 24.2 Å². The predicted octanol–water partition coefficient (Wildman–Crippen LogP) is 4.00. The van der Waals surface area contributed by atoms with Gasteiger partial charge in [0.2, 0.25) is 6.10 Å². The quantitative estimate of drug-likeness (QED) is 0.639. The lowest BCUT2D eigenvalue weighted by Gasteiger charge is -2.33. The van der Waals surface area contributed by atoms with E-state index in [0.29, 0.717) is 11.4 Å². The van der Waals surface area contributed by atoms with Gasteiger partial charge in [-0.2, -0.15) is 21.6 Å². The normalized spacial score (nSPS) is 19.2. The van der Waals surface area contributed by atoms with E-state index in [4.69, 9.17) is 4.74 Å². The average molecular weight is 466 g/mol. The molecule has 1 saturated heterocycles. The Morgan fingerprint density at radius 2 is 1.72 bits per heavy atom. The zero-order chi connectivity index (χ0) is 23.1. The summed E-state index contributed by atoms with van der Waals surface area (Å²) in [4.78, 5) is 14.4. The number of esters is 1. The van der Waals surface area contributed by atoms with Crippen LogP contribution in [0.5, 0.6) is 0 Å². The number of benzene rings is 2. The van der Waals surface area contributed by atoms with Gasteiger partial charge >= 0.3 is 12.1 Å². The van der Waals surface area contributed by atoms with Crippen LogP contribution in [0.1, 0.15) is 35.6 Å². The lowest BCUT2D eigenvalue weighted by atomic mass is 9.96. The third-order valence-corrected chi connectivity index (χ3v) is 6.98. The fraction of sp³-hybridized carbons (Fsp3) is 0.364. The number of hydrogen-bond donors (Lipinski definition) is 0. The number of amidine groups is 1. The molecule has 2 aromatic rings. The second-order valence-electron chi connectivity index (χ2n) is 7.92. The molecule has 170 valence electrons. The number of ether oxygens (including phenoxy) is 1. The van der Waals surface area contributed by atoms with E-state index >= 15 is 0 Å². The fourth-order valence-electron chi connectivity index (χ4n) is 3.92. The number of sulfonamides is 1. The minimum absolute atomic E-state index is 0.127. The first-order chi connectivity index (χ1) is 15.1. The second kappa shape index (κ2) is 8.23. The van der Waals surface area contributed by atoms with Crippen LogP contribution in [0.4, 0.5) is 13.2 Å². The van der Waals surface area contributed by atoms with Crippen LogP contribution in [0, 0.1) is 12.8 Å². The van der Waals surface area contributed by atoms with Gasteiger partial charge in [-0.1, -0.05) is 42.0 Å². The molecule has 0 unspecified atom stereocenters. The lowest BCUT2D eigenvalue weighted by molar-refractivity contribution is -0.226. The molecule has 0 aliphatic carbocycles. The molecule has 10 heteroatoms. The third-order valence-electron chi connectivity index (χ3n) is 5.65. The van der Waals surface area contributed by atoms with E-state index in [2.05, 4.69) is 4.40 Å². The summed E-state index contributed by atoms with van der Waals surface area (Å²) in [5, 5.41) is 0. The van der Waals surface area contributed by atoms with E-state index in [1.54, 1.807) is 30.0 Å². The summed E-state index contributed by atoms with van der Waals surface area (Å²) in [5.74, 6) is -1.32. The van der Waals surface area contributed by atoms with Crippen LogP contribution >= 0.6 is 0 Å². The van der Waals surface area contributed by atoms with Crippen molar-refractivity contribution in [2.75, 3.05) is 13.1 Å². The number of likely N-dealkylation sites (tertiary alicyclic amines) is 1. The van der Waals surface area contributed by atoms with Crippen molar-refractivity contribution in [3.05, 3.63) is 65.2 Å². The number of halogens is 3. The Bertz CT molecular complexity index is 1150. The van der Waals surface area contributed by atoms with Crippen molar-refractivity contribution in [1.29, 1.82) is 0 Å². The number of carbonyl (C=O) groups is 1. The van der Waals surface area contributed by atoms with Gasteiger partial charge in [0.05, 0.1) is 5.92 Å². The van der Waals surface area contributed by atoms with E-state index in [0.717, 1.165) is 5.56 Å². The van der Waals surface area contributed by atoms with Crippen LogP contribution < -0.4 is 0 Å². The van der Waals surface area contributed by atoms with Crippen LogP contribution in [0.15, 0.2) is 57.8 Å². The van der Waals surface area contributed by atoms with Crippen LogP contribution in [0.3, 0.4) is 0 Å². The third kappa shape index (κ3) is 4.36. The number of alkyl halides is 3. The standard InChI is InChI=1S/C22H21F3N2O4S/c1-14-6-8-15(9-7-14)19(22(23,24)25)31-21(28)16-10-12-27(13-11-16)20-17-4-2-3-5-18(17)32(29,30)26-20/h2-9,16,19H,10-13H2,1H3/t19-/m0/s1. The van der Waals surface area contributed by atoms with Crippen LogP contribution in [0.25, 0.3) is 0 Å². The van der Waals surface area contributed by atoms with Crippen molar-refractivity contribution in [1.82, 2.24) is 4.90 Å². The highest BCUT2D eigenvalue weighted by atomic mass is 32.2. The molecule has 4 rings (SSSR count). The minimum Gasteiger partial charge on any atom is -0.447 e. The van der Waals surface area contributed by atoms with Gasteiger partial charge in [0.15, 0.2) is 5.84 Å². The number of aryl methyl sites for hydroxylation is 1. The molecule has 2 heterocycles. The lowest BCUT2D eigenvalue weighted by Crippen LogP contribution is -2.41. The van der Waals surface area contributed by atoms with Crippen molar-refractivity contribution in [3.63, 3.8) is 0 Å². The highest BCUT2D eigenvalue weighted by Gasteiger charge is 2.45. The molecule has 0 bridgehead atoms. The van der Waals surface area contributed by atoms with Gasteiger partial charge < -0.3 is 9.64 Å². The molecule has 1 atom stereocenters. The Hall–Kier alpha value is -2.88. The minimum atomic E-state index is -4.73. The van der Waals surface area contributed by atoms with Gasteiger partial charge in [-0.3, -0.25) is 4.79 Å². The molecule has 0 aromatic heterocycles. The number of nitrogens with zero attached hydrogens (tertiary/aromatic N) is 2. The maximum absolute atomic E-state index is 13.6. The maximum Gasteiger partial charge on any atom is 0.429 e. The van der Waals surface area contributed by atoms with Gasteiger partial charge in [0.1, 0.15) is 4.90 Å². The van der Waals surface area contributed by atoms with E-state index in [9.17, 15) is 26.4 Å². The number of fused-ring (bicyclic) bond motifs is 1. The predicted molar refractivity (Wildman–Crippen MR) is 111 cm³/mol. The zero-order valence-corrected chi connectivity index (χ0v) is 18.0. The topological polar surface area (TPSA) is 76.0 Å². The first-order valence-corrected chi connectivity index (χ1v) is 11.5. The summed E-state index contributed by atoms with van der Waals surface area (Å²) in [7, 11) is -3.77. The Morgan fingerprint density at radius 1 is 1.09 bits per heavy atom. The van der Waals surface area contributed by atoms with Gasteiger partial charge in [-0.15, -0.1) is 4.40 Å². The van der Waals surface area contributed by atoms with E-state index < -0.39 is 34.2 Å². The molecular formula is C22H21F3N2O4S. The number of rotatable bonds is 3. The van der Waals surface area contributed by atoms with Crippen molar-refractivity contribution in [2.24, 2.45) is 10.3 Å². The smallest absolute Gasteiger partial charge is 0.429 e.